The molecule has 68 valence electrons. The summed E-state index contributed by atoms with van der Waals surface area (Å²) in [6, 6.07) is 4.74. The van der Waals surface area contributed by atoms with E-state index in [1.165, 1.54) is 6.07 Å². The van der Waals surface area contributed by atoms with Gasteiger partial charge in [0.05, 0.1) is 4.47 Å². The molecule has 0 atom stereocenters. The Labute approximate surface area is 83.3 Å². The third-order valence-electron chi connectivity index (χ3n) is 1.55. The highest BCUT2D eigenvalue weighted by molar-refractivity contribution is 9.10. The van der Waals surface area contributed by atoms with Crippen LogP contribution in [-0.4, -0.2) is 6.54 Å². The van der Waals surface area contributed by atoms with Crippen LogP contribution in [0.3, 0.4) is 0 Å². The molecule has 1 rings (SSSR count). The summed E-state index contributed by atoms with van der Waals surface area (Å²) in [6.07, 6.45) is 0.628. The molecule has 0 N–H and O–H groups in total. The zero-order chi connectivity index (χ0) is 9.68. The standard InChI is InChI=1S/C8H7BrFN3/c9-7-5-6(1-2-8(7)10)3-4-12-13-11/h1-2,5H,3-4H2. The minimum Gasteiger partial charge on any atom is -0.206 e. The van der Waals surface area contributed by atoms with Crippen molar-refractivity contribution in [2.45, 2.75) is 6.42 Å². The second-order valence-electron chi connectivity index (χ2n) is 2.45. The molecule has 13 heavy (non-hydrogen) atoms. The molecule has 0 amide bonds. The van der Waals surface area contributed by atoms with E-state index in [9.17, 15) is 4.39 Å². The average Bonchev–Trinajstić information content (AvgIpc) is 2.12. The van der Waals surface area contributed by atoms with Gasteiger partial charge in [-0.1, -0.05) is 11.2 Å². The molecule has 1 aromatic carbocycles. The third-order valence-corrected chi connectivity index (χ3v) is 2.16. The zero-order valence-corrected chi connectivity index (χ0v) is 8.33. The second kappa shape index (κ2) is 4.84. The van der Waals surface area contributed by atoms with Crippen LogP contribution in [0.4, 0.5) is 4.39 Å². The maximum Gasteiger partial charge on any atom is 0.137 e. The molecule has 3 nitrogen and oxygen atoms in total. The van der Waals surface area contributed by atoms with Crippen molar-refractivity contribution in [2.75, 3.05) is 6.54 Å². The Morgan fingerprint density at radius 1 is 1.54 bits per heavy atom. The highest BCUT2D eigenvalue weighted by Gasteiger charge is 1.99. The smallest absolute Gasteiger partial charge is 0.137 e. The first-order valence-electron chi connectivity index (χ1n) is 3.69. The maximum atomic E-state index is 12.8. The van der Waals surface area contributed by atoms with Gasteiger partial charge in [-0.2, -0.15) is 0 Å². The van der Waals surface area contributed by atoms with Crippen molar-refractivity contribution in [3.05, 3.63) is 44.5 Å². The lowest BCUT2D eigenvalue weighted by molar-refractivity contribution is 0.620. The van der Waals surface area contributed by atoms with E-state index in [-0.39, 0.29) is 5.82 Å². The lowest BCUT2D eigenvalue weighted by Crippen LogP contribution is -1.89. The number of hydrogen-bond donors (Lipinski definition) is 0. The Kier molecular flexibility index (Phi) is 3.73. The summed E-state index contributed by atoms with van der Waals surface area (Å²) in [5, 5.41) is 3.39. The Morgan fingerprint density at radius 3 is 2.92 bits per heavy atom. The molecule has 0 aliphatic rings. The summed E-state index contributed by atoms with van der Waals surface area (Å²) in [7, 11) is 0. The van der Waals surface area contributed by atoms with Crippen molar-refractivity contribution in [1.82, 2.24) is 0 Å². The predicted molar refractivity (Wildman–Crippen MR) is 51.8 cm³/mol. The number of hydrogen-bond acceptors (Lipinski definition) is 1. The first kappa shape index (κ1) is 10.0. The van der Waals surface area contributed by atoms with Crippen LogP contribution in [0, 0.1) is 5.82 Å². The van der Waals surface area contributed by atoms with Gasteiger partial charge in [-0.05, 0) is 45.6 Å². The van der Waals surface area contributed by atoms with Gasteiger partial charge in [-0.3, -0.25) is 0 Å². The van der Waals surface area contributed by atoms with Crippen LogP contribution >= 0.6 is 15.9 Å². The normalized spacial score (nSPS) is 9.38. The van der Waals surface area contributed by atoms with Gasteiger partial charge < -0.3 is 0 Å². The Hall–Kier alpha value is -1.06. The number of azide groups is 1. The van der Waals surface area contributed by atoms with Crippen molar-refractivity contribution in [3.63, 3.8) is 0 Å². The van der Waals surface area contributed by atoms with Gasteiger partial charge in [0.25, 0.3) is 0 Å². The molecule has 5 heteroatoms. The third kappa shape index (κ3) is 3.05. The van der Waals surface area contributed by atoms with E-state index in [0.29, 0.717) is 17.4 Å². The highest BCUT2D eigenvalue weighted by Crippen LogP contribution is 2.16. The van der Waals surface area contributed by atoms with E-state index in [0.717, 1.165) is 5.56 Å². The molecule has 0 heterocycles. The zero-order valence-electron chi connectivity index (χ0n) is 6.74. The van der Waals surface area contributed by atoms with Crippen LogP contribution in [0.2, 0.25) is 0 Å². The Balaban J connectivity index is 2.68. The fraction of sp³-hybridized carbons (Fsp3) is 0.250. The predicted octanol–water partition coefficient (Wildman–Crippen LogP) is 3.44. The van der Waals surface area contributed by atoms with Crippen LogP contribution in [0.5, 0.6) is 0 Å². The lowest BCUT2D eigenvalue weighted by atomic mass is 10.1. The van der Waals surface area contributed by atoms with Gasteiger partial charge in [-0.15, -0.1) is 0 Å². The van der Waals surface area contributed by atoms with Gasteiger partial charge in [0.15, 0.2) is 0 Å². The fourth-order valence-corrected chi connectivity index (χ4v) is 1.35. The van der Waals surface area contributed by atoms with Gasteiger partial charge >= 0.3 is 0 Å². The first-order valence-corrected chi connectivity index (χ1v) is 4.48. The summed E-state index contributed by atoms with van der Waals surface area (Å²) in [6.45, 7) is 0.397. The van der Waals surface area contributed by atoms with Crippen LogP contribution in [0.25, 0.3) is 10.4 Å². The monoisotopic (exact) mass is 243 g/mol. The molecule has 0 spiro atoms. The van der Waals surface area contributed by atoms with Gasteiger partial charge in [0.1, 0.15) is 5.82 Å². The molecule has 0 fully saturated rings. The molecule has 0 aliphatic carbocycles. The van der Waals surface area contributed by atoms with Crippen LogP contribution in [-0.2, 0) is 6.42 Å². The highest BCUT2D eigenvalue weighted by atomic mass is 79.9. The number of nitrogens with zero attached hydrogens (tertiary/aromatic N) is 3. The molecule has 0 radical (unpaired) electrons. The maximum absolute atomic E-state index is 12.8. The lowest BCUT2D eigenvalue weighted by Gasteiger charge is -1.99. The number of benzene rings is 1. The molecular formula is C8H7BrFN3. The van der Waals surface area contributed by atoms with E-state index in [4.69, 9.17) is 5.53 Å². The minimum absolute atomic E-state index is 0.285. The fourth-order valence-electron chi connectivity index (χ4n) is 0.919. The quantitative estimate of drug-likeness (QED) is 0.444. The van der Waals surface area contributed by atoms with Crippen LogP contribution < -0.4 is 0 Å². The van der Waals surface area contributed by atoms with Gasteiger partial charge in [0.2, 0.25) is 0 Å². The van der Waals surface area contributed by atoms with Crippen molar-refractivity contribution in [1.29, 1.82) is 0 Å². The van der Waals surface area contributed by atoms with Gasteiger partial charge in [-0.25, -0.2) is 4.39 Å². The van der Waals surface area contributed by atoms with Crippen molar-refractivity contribution in [3.8, 4) is 0 Å². The molecule has 0 unspecified atom stereocenters. The number of rotatable bonds is 3. The van der Waals surface area contributed by atoms with E-state index in [1.807, 2.05) is 0 Å². The summed E-state index contributed by atoms with van der Waals surface area (Å²) < 4.78 is 13.2. The molecule has 0 saturated heterocycles. The number of halogens is 2. The summed E-state index contributed by atoms with van der Waals surface area (Å²) >= 11 is 3.08. The van der Waals surface area contributed by atoms with Gasteiger partial charge in [0, 0.05) is 11.5 Å². The average molecular weight is 244 g/mol. The summed E-state index contributed by atoms with van der Waals surface area (Å²) in [5.74, 6) is -0.285. The molecule has 0 saturated carbocycles. The molecular weight excluding hydrogens is 237 g/mol. The van der Waals surface area contributed by atoms with Crippen molar-refractivity contribution in [2.24, 2.45) is 5.11 Å². The van der Waals surface area contributed by atoms with E-state index < -0.39 is 0 Å². The topological polar surface area (TPSA) is 48.8 Å². The van der Waals surface area contributed by atoms with Crippen molar-refractivity contribution >= 4 is 15.9 Å². The van der Waals surface area contributed by atoms with Crippen LogP contribution in [0.1, 0.15) is 5.56 Å². The van der Waals surface area contributed by atoms with Crippen molar-refractivity contribution < 1.29 is 4.39 Å². The Morgan fingerprint density at radius 2 is 2.31 bits per heavy atom. The largest absolute Gasteiger partial charge is 0.206 e. The molecule has 0 bridgehead atoms. The van der Waals surface area contributed by atoms with E-state index >= 15 is 0 Å². The van der Waals surface area contributed by atoms with E-state index in [2.05, 4.69) is 26.0 Å². The molecule has 0 aliphatic heterocycles. The van der Waals surface area contributed by atoms with Crippen LogP contribution in [0.15, 0.2) is 27.8 Å². The molecule has 0 aromatic heterocycles. The summed E-state index contributed by atoms with van der Waals surface area (Å²) in [4.78, 5) is 2.63. The summed E-state index contributed by atoms with van der Waals surface area (Å²) in [5.41, 5.74) is 8.98. The molecule has 1 aromatic rings. The Bertz CT molecular complexity index is 347. The first-order chi connectivity index (χ1) is 6.24. The minimum atomic E-state index is -0.285. The second-order valence-corrected chi connectivity index (χ2v) is 3.31. The SMILES string of the molecule is [N-]=[N+]=NCCc1ccc(F)c(Br)c1. The van der Waals surface area contributed by atoms with E-state index in [1.54, 1.807) is 12.1 Å².